The van der Waals surface area contributed by atoms with Gasteiger partial charge in [-0.25, -0.2) is 0 Å². The Balaban J connectivity index is 1.74. The topological polar surface area (TPSA) is 71.1 Å². The second kappa shape index (κ2) is 16.5. The molecule has 0 fully saturated rings. The van der Waals surface area contributed by atoms with Crippen molar-refractivity contribution in [1.82, 2.24) is 0 Å². The number of carbonyl (C=O) groups excluding carboxylic acids is 2. The maximum Gasteiger partial charge on any atom is 0.298 e. The zero-order chi connectivity index (χ0) is 36.1. The average molecular weight is 724 g/mol. The highest BCUT2D eigenvalue weighted by atomic mass is 79.9. The van der Waals surface area contributed by atoms with Crippen LogP contribution in [0.5, 0.6) is 23.0 Å². The first-order chi connectivity index (χ1) is 25.0. The predicted octanol–water partition coefficient (Wildman–Crippen LogP) is 6.15. The molecule has 4 aromatic rings. The largest absolute Gasteiger partial charge is 0.425 e. The van der Waals surface area contributed by atoms with Gasteiger partial charge in [-0.3, -0.25) is 9.59 Å². The molecule has 0 bridgehead atoms. The van der Waals surface area contributed by atoms with Crippen molar-refractivity contribution in [3.05, 3.63) is 105 Å². The first-order valence-corrected chi connectivity index (χ1v) is 15.4. The molecule has 0 unspecified atom stereocenters. The summed E-state index contributed by atoms with van der Waals surface area (Å²) in [5.74, 6) is 29.5. The summed E-state index contributed by atoms with van der Waals surface area (Å²) in [5.41, 5.74) is 5.14. The Bertz CT molecular complexity index is 2390. The number of rotatable bonds is 8. The van der Waals surface area contributed by atoms with E-state index in [-0.39, 0.29) is 23.0 Å². The van der Waals surface area contributed by atoms with Crippen LogP contribution in [0.25, 0.3) is 11.1 Å². The van der Waals surface area contributed by atoms with Gasteiger partial charge in [0, 0.05) is 40.0 Å². The van der Waals surface area contributed by atoms with Gasteiger partial charge in [-0.05, 0) is 112 Å². The Morgan fingerprint density at radius 3 is 1.55 bits per heavy atom. The van der Waals surface area contributed by atoms with Gasteiger partial charge in [0.25, 0.3) is 12.9 Å². The van der Waals surface area contributed by atoms with Gasteiger partial charge in [0.1, 0.15) is 12.2 Å². The van der Waals surface area contributed by atoms with Crippen molar-refractivity contribution >= 4 is 28.9 Å². The van der Waals surface area contributed by atoms with Crippen LogP contribution in [-0.2, 0) is 15.0 Å². The summed E-state index contributed by atoms with van der Waals surface area (Å²) in [6.45, 7) is 2.60. The maximum atomic E-state index is 11.7. The molecule has 0 N–H and O–H groups in total. The van der Waals surface area contributed by atoms with E-state index < -0.39 is 5.41 Å². The molecule has 6 nitrogen and oxygen atoms in total. The molecule has 7 heteroatoms. The molecule has 0 aromatic heterocycles. The average Bonchev–Trinajstić information content (AvgIpc) is 3.41. The van der Waals surface area contributed by atoms with Crippen molar-refractivity contribution in [3.63, 3.8) is 0 Å². The van der Waals surface area contributed by atoms with Gasteiger partial charge < -0.3 is 18.9 Å². The number of ether oxygens (including phenoxy) is 4. The van der Waals surface area contributed by atoms with Gasteiger partial charge in [0.2, 0.25) is 0 Å². The third kappa shape index (κ3) is 7.44. The Morgan fingerprint density at radius 2 is 1.04 bits per heavy atom. The monoisotopic (exact) mass is 722 g/mol. The standard InChI is InChI=1S/C44H19BrO6/c1-4-6-8-10-12-14-24-48-40-22-17-33(27-42(40)50-30-46)44(38-26-32(3)16-20-36(38)37-21-19-35(45)29-39(37)44)34-18-23-41(43(28-34)51-31-47)49-25-15-13-11-9-7-5-2/h1-2,16-23,26-31H,3H3. The van der Waals surface area contributed by atoms with Gasteiger partial charge in [0.15, 0.2) is 23.0 Å². The van der Waals surface area contributed by atoms with Crippen LogP contribution in [0.4, 0.5) is 0 Å². The summed E-state index contributed by atoms with van der Waals surface area (Å²) in [4.78, 5) is 23.5. The summed E-state index contributed by atoms with van der Waals surface area (Å²) in [5, 5.41) is 0. The number of halogens is 1. The van der Waals surface area contributed by atoms with Crippen molar-refractivity contribution in [3.8, 4) is 130 Å². The lowest BCUT2D eigenvalue weighted by molar-refractivity contribution is -0.121. The van der Waals surface area contributed by atoms with Crippen LogP contribution < -0.4 is 18.9 Å². The van der Waals surface area contributed by atoms with Crippen LogP contribution in [0.3, 0.4) is 0 Å². The number of hydrogen-bond acceptors (Lipinski definition) is 6. The summed E-state index contributed by atoms with van der Waals surface area (Å²) in [6, 6.07) is 22.6. The van der Waals surface area contributed by atoms with Crippen molar-refractivity contribution in [2.45, 2.75) is 12.3 Å². The van der Waals surface area contributed by atoms with Crippen LogP contribution in [0, 0.1) is 103 Å². The van der Waals surface area contributed by atoms with E-state index in [0.29, 0.717) is 24.1 Å². The van der Waals surface area contributed by atoms with E-state index in [1.807, 2.05) is 43.3 Å². The maximum absolute atomic E-state index is 11.7. The summed E-state index contributed by atoms with van der Waals surface area (Å²) in [6.07, 6.45) is 15.1. The molecular weight excluding hydrogens is 704 g/mol. The summed E-state index contributed by atoms with van der Waals surface area (Å²) >= 11 is 3.66. The molecule has 5 rings (SSSR count). The molecule has 0 saturated carbocycles. The van der Waals surface area contributed by atoms with E-state index in [1.165, 1.54) is 0 Å². The van der Waals surface area contributed by atoms with Crippen LogP contribution in [0.15, 0.2) is 77.3 Å². The van der Waals surface area contributed by atoms with E-state index in [4.69, 9.17) is 31.8 Å². The Hall–Kier alpha value is -7.62. The summed E-state index contributed by atoms with van der Waals surface area (Å²) in [7, 11) is 0. The molecule has 0 radical (unpaired) electrons. The molecule has 0 saturated heterocycles. The molecule has 0 atom stereocenters. The Labute approximate surface area is 304 Å². The van der Waals surface area contributed by atoms with E-state index in [0.717, 1.165) is 32.3 Å². The molecule has 0 aliphatic heterocycles. The van der Waals surface area contributed by atoms with Gasteiger partial charge in [-0.15, -0.1) is 12.8 Å². The second-order valence-electron chi connectivity index (χ2n) is 10.2. The minimum absolute atomic E-state index is 0.0987. The minimum atomic E-state index is -1.04. The van der Waals surface area contributed by atoms with E-state index in [2.05, 4.69) is 111 Å². The van der Waals surface area contributed by atoms with Crippen molar-refractivity contribution in [1.29, 1.82) is 0 Å². The molecule has 0 amide bonds. The fourth-order valence-corrected chi connectivity index (χ4v) is 5.97. The highest BCUT2D eigenvalue weighted by molar-refractivity contribution is 9.10. The van der Waals surface area contributed by atoms with Gasteiger partial charge in [-0.1, -0.05) is 57.9 Å². The molecule has 238 valence electrons. The van der Waals surface area contributed by atoms with Crippen molar-refractivity contribution in [2.75, 3.05) is 0 Å². The lowest BCUT2D eigenvalue weighted by atomic mass is 9.67. The first-order valence-electron chi connectivity index (χ1n) is 14.6. The highest BCUT2D eigenvalue weighted by Crippen LogP contribution is 2.58. The quantitative estimate of drug-likeness (QED) is 0.141. The first kappa shape index (κ1) is 34.7. The van der Waals surface area contributed by atoms with Gasteiger partial charge in [0.05, 0.1) is 5.41 Å². The van der Waals surface area contributed by atoms with E-state index in [1.54, 1.807) is 24.3 Å². The van der Waals surface area contributed by atoms with Crippen LogP contribution in [0.1, 0.15) is 27.8 Å². The van der Waals surface area contributed by atoms with E-state index in [9.17, 15) is 9.59 Å². The van der Waals surface area contributed by atoms with Gasteiger partial charge in [-0.2, -0.15) is 0 Å². The summed E-state index contributed by atoms with van der Waals surface area (Å²) < 4.78 is 22.9. The number of terminal acetylenes is 2. The molecule has 0 spiro atoms. The lowest BCUT2D eigenvalue weighted by Crippen LogP contribution is -2.29. The number of fused-ring (bicyclic) bond motifs is 3. The molecule has 51 heavy (non-hydrogen) atoms. The van der Waals surface area contributed by atoms with Crippen LogP contribution in [0.2, 0.25) is 0 Å². The molecule has 1 aliphatic rings. The van der Waals surface area contributed by atoms with Crippen molar-refractivity contribution in [2.24, 2.45) is 0 Å². The number of aryl methyl sites for hydroxylation is 1. The zero-order valence-electron chi connectivity index (χ0n) is 26.6. The number of hydrogen-bond donors (Lipinski definition) is 0. The molecule has 1 aliphatic carbocycles. The van der Waals surface area contributed by atoms with Crippen molar-refractivity contribution < 1.29 is 28.5 Å². The smallest absolute Gasteiger partial charge is 0.298 e. The normalized spacial score (nSPS) is 10.3. The highest BCUT2D eigenvalue weighted by Gasteiger charge is 2.47. The number of benzene rings is 4. The fraction of sp³-hybridized carbons (Fsp3) is 0.0455. The minimum Gasteiger partial charge on any atom is -0.425 e. The predicted molar refractivity (Wildman–Crippen MR) is 195 cm³/mol. The Kier molecular flexibility index (Phi) is 11.2. The zero-order valence-corrected chi connectivity index (χ0v) is 28.2. The third-order valence-electron chi connectivity index (χ3n) is 7.43. The van der Waals surface area contributed by atoms with Crippen LogP contribution in [-0.4, -0.2) is 12.9 Å². The van der Waals surface area contributed by atoms with E-state index >= 15 is 0 Å². The third-order valence-corrected chi connectivity index (χ3v) is 7.92. The SMILES string of the molecule is C#CC#CC#CC#COc1ccc(C2(c3ccc(OC#CC#CC#CC#C)c(OC=O)c3)c3cc(C)ccc3-c3ccc(Br)cc32)cc1OC=O. The second-order valence-corrected chi connectivity index (χ2v) is 11.1. The Morgan fingerprint density at radius 1 is 0.569 bits per heavy atom. The lowest BCUT2D eigenvalue weighted by Gasteiger charge is -2.34. The fourth-order valence-electron chi connectivity index (χ4n) is 5.61. The molecular formula is C44H19BrO6. The van der Waals surface area contributed by atoms with Gasteiger partial charge >= 0.3 is 0 Å². The molecule has 0 heterocycles. The molecule has 4 aromatic carbocycles. The van der Waals surface area contributed by atoms with Crippen LogP contribution >= 0.6 is 15.9 Å². The number of carbonyl (C=O) groups is 2.